The molecule has 1 N–H and O–H groups in total. The van der Waals surface area contributed by atoms with Crippen LogP contribution in [0, 0.1) is 0 Å². The number of imidazole rings is 1. The van der Waals surface area contributed by atoms with E-state index >= 15 is 0 Å². The maximum absolute atomic E-state index is 10.2. The molecule has 4 aromatic rings. The van der Waals surface area contributed by atoms with Crippen LogP contribution in [-0.4, -0.2) is 14.7 Å². The zero-order chi connectivity index (χ0) is 21.5. The molecule has 0 spiro atoms. The number of hydrogen-bond acceptors (Lipinski definition) is 3. The Morgan fingerprint density at radius 2 is 1.48 bits per heavy atom. The van der Waals surface area contributed by atoms with E-state index in [1.807, 2.05) is 24.3 Å². The zero-order valence-electron chi connectivity index (χ0n) is 17.9. The van der Waals surface area contributed by atoms with E-state index in [0.29, 0.717) is 6.54 Å². The molecule has 0 aliphatic rings. The van der Waals surface area contributed by atoms with E-state index in [9.17, 15) is 5.11 Å². The molecule has 1 heterocycles. The smallest absolute Gasteiger partial charge is 0.125 e. The van der Waals surface area contributed by atoms with Gasteiger partial charge in [0.2, 0.25) is 0 Å². The highest BCUT2D eigenvalue weighted by Crippen LogP contribution is 2.31. The second-order valence-electron chi connectivity index (χ2n) is 7.61. The van der Waals surface area contributed by atoms with Gasteiger partial charge in [-0.2, -0.15) is 0 Å². The Balaban J connectivity index is 1.62. The van der Waals surface area contributed by atoms with Crippen molar-refractivity contribution in [3.05, 3.63) is 102 Å². The molecule has 0 saturated carbocycles. The van der Waals surface area contributed by atoms with Crippen molar-refractivity contribution in [2.75, 3.05) is 0 Å². The first kappa shape index (κ1) is 21.4. The fraction of sp³-hybridized carbons (Fsp3) is 0.222. The summed E-state index contributed by atoms with van der Waals surface area (Å²) in [5.74, 6) is 1.05. The minimum atomic E-state index is -0.0175. The van der Waals surface area contributed by atoms with Crippen LogP contribution in [0.15, 0.2) is 94.9 Å². The van der Waals surface area contributed by atoms with E-state index in [0.717, 1.165) is 40.7 Å². The fourth-order valence-corrected chi connectivity index (χ4v) is 4.64. The van der Waals surface area contributed by atoms with Crippen LogP contribution in [0.1, 0.15) is 36.8 Å². The number of aromatic nitrogens is 2. The Labute approximate surface area is 188 Å². The molecule has 1 aromatic heterocycles. The Morgan fingerprint density at radius 1 is 0.839 bits per heavy atom. The Kier molecular flexibility index (Phi) is 7.23. The largest absolute Gasteiger partial charge is 0.390 e. The molecule has 0 atom stereocenters. The molecular formula is C27H28N2OS. The highest BCUT2D eigenvalue weighted by Gasteiger charge is 2.17. The molecule has 4 rings (SSSR count). The van der Waals surface area contributed by atoms with Gasteiger partial charge in [-0.1, -0.05) is 97.9 Å². The third kappa shape index (κ3) is 5.27. The number of hydrogen-bond donors (Lipinski definition) is 1. The summed E-state index contributed by atoms with van der Waals surface area (Å²) in [4.78, 5) is 6.08. The van der Waals surface area contributed by atoms with Gasteiger partial charge in [0.05, 0.1) is 12.3 Å². The van der Waals surface area contributed by atoms with Gasteiger partial charge in [0, 0.05) is 17.9 Å². The normalized spacial score (nSPS) is 11.0. The Bertz CT molecular complexity index is 1090. The van der Waals surface area contributed by atoms with Gasteiger partial charge < -0.3 is 9.67 Å². The molecule has 0 radical (unpaired) electrons. The first-order chi connectivity index (χ1) is 15.3. The number of aliphatic hydroxyl groups is 1. The number of aryl methyl sites for hydroxylation is 1. The molecule has 0 aliphatic heterocycles. The average molecular weight is 429 g/mol. The SMILES string of the molecule is CCCCc1nc(Sc2ccccc2)c(CO)n1Cc1ccc(-c2ccccc2)cc1. The molecule has 0 unspecified atom stereocenters. The molecule has 0 aliphatic carbocycles. The lowest BCUT2D eigenvalue weighted by molar-refractivity contribution is 0.267. The predicted octanol–water partition coefficient (Wildman–Crippen LogP) is 6.58. The zero-order valence-corrected chi connectivity index (χ0v) is 18.7. The van der Waals surface area contributed by atoms with Crippen LogP contribution in [0.25, 0.3) is 11.1 Å². The minimum absolute atomic E-state index is 0.0175. The molecule has 0 fully saturated rings. The Hall–Kier alpha value is -2.82. The maximum atomic E-state index is 10.2. The topological polar surface area (TPSA) is 38.1 Å². The highest BCUT2D eigenvalue weighted by atomic mass is 32.2. The van der Waals surface area contributed by atoms with Gasteiger partial charge in [-0.15, -0.1) is 0 Å². The monoisotopic (exact) mass is 428 g/mol. The van der Waals surface area contributed by atoms with Crippen molar-refractivity contribution in [2.45, 2.75) is 49.3 Å². The summed E-state index contributed by atoms with van der Waals surface area (Å²) in [5, 5.41) is 11.1. The maximum Gasteiger partial charge on any atom is 0.125 e. The van der Waals surface area contributed by atoms with Gasteiger partial charge in [-0.05, 0) is 35.2 Å². The summed E-state index contributed by atoms with van der Waals surface area (Å²) in [7, 11) is 0. The lowest BCUT2D eigenvalue weighted by Gasteiger charge is -2.12. The first-order valence-electron chi connectivity index (χ1n) is 10.8. The van der Waals surface area contributed by atoms with E-state index in [4.69, 9.17) is 4.98 Å². The summed E-state index contributed by atoms with van der Waals surface area (Å²) < 4.78 is 2.21. The van der Waals surface area contributed by atoms with Crippen LogP contribution in [0.4, 0.5) is 0 Å². The van der Waals surface area contributed by atoms with Crippen LogP contribution in [0.2, 0.25) is 0 Å². The molecule has 3 nitrogen and oxygen atoms in total. The van der Waals surface area contributed by atoms with Crippen molar-refractivity contribution in [1.29, 1.82) is 0 Å². The standard InChI is InChI=1S/C27H28N2OS/c1-2-3-14-26-28-27(31-24-12-8-5-9-13-24)25(20-30)29(26)19-21-15-17-23(18-16-21)22-10-6-4-7-11-22/h4-13,15-18,30H,2-3,14,19-20H2,1H3. The second kappa shape index (κ2) is 10.5. The van der Waals surface area contributed by atoms with Crippen LogP contribution in [0.3, 0.4) is 0 Å². The van der Waals surface area contributed by atoms with E-state index < -0.39 is 0 Å². The number of rotatable bonds is 9. The summed E-state index contributed by atoms with van der Waals surface area (Å²) in [6.07, 6.45) is 3.12. The fourth-order valence-electron chi connectivity index (χ4n) is 3.68. The van der Waals surface area contributed by atoms with Crippen LogP contribution >= 0.6 is 11.8 Å². The third-order valence-corrected chi connectivity index (χ3v) is 6.41. The first-order valence-corrected chi connectivity index (χ1v) is 11.7. The van der Waals surface area contributed by atoms with Crippen molar-refractivity contribution >= 4 is 11.8 Å². The van der Waals surface area contributed by atoms with Gasteiger partial charge >= 0.3 is 0 Å². The number of unbranched alkanes of at least 4 members (excludes halogenated alkanes) is 1. The van der Waals surface area contributed by atoms with E-state index in [1.54, 1.807) is 11.8 Å². The molecule has 0 bridgehead atoms. The van der Waals surface area contributed by atoms with E-state index in [2.05, 4.69) is 72.2 Å². The summed E-state index contributed by atoms with van der Waals surface area (Å²) >= 11 is 1.63. The molecule has 0 saturated heterocycles. The lowest BCUT2D eigenvalue weighted by atomic mass is 10.0. The second-order valence-corrected chi connectivity index (χ2v) is 8.67. The van der Waals surface area contributed by atoms with Gasteiger partial charge in [0.25, 0.3) is 0 Å². The van der Waals surface area contributed by atoms with Gasteiger partial charge in [0.1, 0.15) is 10.9 Å². The molecule has 0 amide bonds. The predicted molar refractivity (Wildman–Crippen MR) is 128 cm³/mol. The van der Waals surface area contributed by atoms with E-state index in [-0.39, 0.29) is 6.61 Å². The van der Waals surface area contributed by atoms with Crippen molar-refractivity contribution in [3.8, 4) is 11.1 Å². The summed E-state index contributed by atoms with van der Waals surface area (Å²) in [6.45, 7) is 2.89. The lowest BCUT2D eigenvalue weighted by Crippen LogP contribution is -2.09. The Morgan fingerprint density at radius 3 is 2.13 bits per heavy atom. The van der Waals surface area contributed by atoms with Crippen LogP contribution in [-0.2, 0) is 19.6 Å². The van der Waals surface area contributed by atoms with Crippen LogP contribution in [0.5, 0.6) is 0 Å². The minimum Gasteiger partial charge on any atom is -0.390 e. The van der Waals surface area contributed by atoms with Crippen molar-refractivity contribution in [2.24, 2.45) is 0 Å². The number of benzene rings is 3. The molecule has 158 valence electrons. The quantitative estimate of drug-likeness (QED) is 0.327. The molecule has 31 heavy (non-hydrogen) atoms. The number of aliphatic hydroxyl groups excluding tert-OH is 1. The van der Waals surface area contributed by atoms with Crippen LogP contribution < -0.4 is 0 Å². The number of nitrogens with zero attached hydrogens (tertiary/aromatic N) is 2. The third-order valence-electron chi connectivity index (χ3n) is 5.38. The summed E-state index contributed by atoms with van der Waals surface area (Å²) in [6, 6.07) is 29.4. The van der Waals surface area contributed by atoms with E-state index in [1.165, 1.54) is 16.7 Å². The summed E-state index contributed by atoms with van der Waals surface area (Å²) in [5.41, 5.74) is 4.54. The molecular weight excluding hydrogens is 400 g/mol. The van der Waals surface area contributed by atoms with Crippen molar-refractivity contribution in [3.63, 3.8) is 0 Å². The highest BCUT2D eigenvalue weighted by molar-refractivity contribution is 7.99. The molecule has 4 heteroatoms. The average Bonchev–Trinajstić information content (AvgIpc) is 3.15. The van der Waals surface area contributed by atoms with Gasteiger partial charge in [0.15, 0.2) is 0 Å². The van der Waals surface area contributed by atoms with Crippen molar-refractivity contribution in [1.82, 2.24) is 9.55 Å². The van der Waals surface area contributed by atoms with Gasteiger partial charge in [-0.25, -0.2) is 4.98 Å². The molecule has 3 aromatic carbocycles. The van der Waals surface area contributed by atoms with Gasteiger partial charge in [-0.3, -0.25) is 0 Å². The van der Waals surface area contributed by atoms with Crippen molar-refractivity contribution < 1.29 is 5.11 Å².